The minimum atomic E-state index is 0.425. The van der Waals surface area contributed by atoms with Gasteiger partial charge in [0.05, 0.1) is 11.7 Å². The van der Waals surface area contributed by atoms with Gasteiger partial charge in [-0.3, -0.25) is 14.9 Å². The Bertz CT molecular complexity index is 815. The summed E-state index contributed by atoms with van der Waals surface area (Å²) in [4.78, 5) is 17.3. The molecular weight excluding hydrogens is 316 g/mol. The highest BCUT2D eigenvalue weighted by Gasteiger charge is 2.27. The van der Waals surface area contributed by atoms with E-state index < -0.39 is 0 Å². The fourth-order valence-corrected chi connectivity index (χ4v) is 4.23. The SMILES string of the molecule is Cc1cccc(C2CCCN2Cc2cnc(-c3cccnc3)s2)n1. The molecule has 0 radical (unpaired) electrons. The van der Waals surface area contributed by atoms with E-state index in [1.807, 2.05) is 18.5 Å². The van der Waals surface area contributed by atoms with E-state index >= 15 is 0 Å². The third kappa shape index (κ3) is 3.23. The molecule has 0 amide bonds. The molecule has 24 heavy (non-hydrogen) atoms. The molecule has 1 atom stereocenters. The second-order valence-corrected chi connectivity index (χ2v) is 7.32. The van der Waals surface area contributed by atoms with Crippen molar-refractivity contribution in [1.29, 1.82) is 0 Å². The lowest BCUT2D eigenvalue weighted by Gasteiger charge is -2.23. The maximum absolute atomic E-state index is 4.74. The molecule has 4 nitrogen and oxygen atoms in total. The second-order valence-electron chi connectivity index (χ2n) is 6.21. The van der Waals surface area contributed by atoms with Crippen LogP contribution >= 0.6 is 11.3 Å². The average molecular weight is 336 g/mol. The van der Waals surface area contributed by atoms with E-state index in [1.54, 1.807) is 17.5 Å². The number of aryl methyl sites for hydroxylation is 1. The van der Waals surface area contributed by atoms with Gasteiger partial charge in [0.25, 0.3) is 0 Å². The minimum Gasteiger partial charge on any atom is -0.290 e. The summed E-state index contributed by atoms with van der Waals surface area (Å²) in [6.07, 6.45) is 8.09. The van der Waals surface area contributed by atoms with Gasteiger partial charge < -0.3 is 0 Å². The Labute approximate surface area is 146 Å². The third-order valence-corrected chi connectivity index (χ3v) is 5.47. The van der Waals surface area contributed by atoms with Crippen LogP contribution in [-0.4, -0.2) is 26.4 Å². The Morgan fingerprint density at radius 3 is 3.00 bits per heavy atom. The van der Waals surface area contributed by atoms with Gasteiger partial charge in [0.15, 0.2) is 0 Å². The molecule has 3 aromatic rings. The number of thiazole rings is 1. The summed E-state index contributed by atoms with van der Waals surface area (Å²) in [7, 11) is 0. The summed E-state index contributed by atoms with van der Waals surface area (Å²) in [6, 6.07) is 10.8. The van der Waals surface area contributed by atoms with Gasteiger partial charge in [-0.2, -0.15) is 0 Å². The van der Waals surface area contributed by atoms with Gasteiger partial charge in [-0.25, -0.2) is 4.98 Å². The lowest BCUT2D eigenvalue weighted by Crippen LogP contribution is -2.23. The molecule has 3 aromatic heterocycles. The lowest BCUT2D eigenvalue weighted by atomic mass is 10.1. The zero-order valence-electron chi connectivity index (χ0n) is 13.7. The van der Waals surface area contributed by atoms with Crippen LogP contribution in [0, 0.1) is 6.92 Å². The quantitative estimate of drug-likeness (QED) is 0.714. The molecule has 1 aliphatic heterocycles. The molecule has 1 saturated heterocycles. The van der Waals surface area contributed by atoms with Gasteiger partial charge in [-0.05, 0) is 50.6 Å². The van der Waals surface area contributed by atoms with Crippen molar-refractivity contribution >= 4 is 11.3 Å². The summed E-state index contributed by atoms with van der Waals surface area (Å²) in [5, 5.41) is 1.04. The first kappa shape index (κ1) is 15.4. The molecule has 5 heteroatoms. The average Bonchev–Trinajstić information content (AvgIpc) is 3.26. The molecule has 1 aliphatic rings. The summed E-state index contributed by atoms with van der Waals surface area (Å²) in [6.45, 7) is 4.13. The number of hydrogen-bond acceptors (Lipinski definition) is 5. The topological polar surface area (TPSA) is 41.9 Å². The van der Waals surface area contributed by atoms with Crippen molar-refractivity contribution in [3.63, 3.8) is 0 Å². The first-order chi connectivity index (χ1) is 11.8. The minimum absolute atomic E-state index is 0.425. The molecule has 4 heterocycles. The van der Waals surface area contributed by atoms with Crippen LogP contribution in [-0.2, 0) is 6.54 Å². The second kappa shape index (κ2) is 6.79. The van der Waals surface area contributed by atoms with Crippen LogP contribution in [0.25, 0.3) is 10.6 Å². The number of hydrogen-bond donors (Lipinski definition) is 0. The normalized spacial score (nSPS) is 18.1. The fourth-order valence-electron chi connectivity index (χ4n) is 3.30. The van der Waals surface area contributed by atoms with Crippen LogP contribution in [0.4, 0.5) is 0 Å². The van der Waals surface area contributed by atoms with Crippen LogP contribution in [0.15, 0.2) is 48.9 Å². The number of rotatable bonds is 4. The van der Waals surface area contributed by atoms with Gasteiger partial charge in [0, 0.05) is 41.3 Å². The summed E-state index contributed by atoms with van der Waals surface area (Å²) >= 11 is 1.76. The van der Waals surface area contributed by atoms with E-state index in [-0.39, 0.29) is 0 Å². The van der Waals surface area contributed by atoms with Crippen LogP contribution < -0.4 is 0 Å². The van der Waals surface area contributed by atoms with Crippen molar-refractivity contribution < 1.29 is 0 Å². The number of aromatic nitrogens is 3. The molecule has 4 rings (SSSR count). The Kier molecular flexibility index (Phi) is 4.36. The van der Waals surface area contributed by atoms with Crippen LogP contribution in [0.2, 0.25) is 0 Å². The predicted octanol–water partition coefficient (Wildman–Crippen LogP) is 4.25. The predicted molar refractivity (Wildman–Crippen MR) is 96.7 cm³/mol. The van der Waals surface area contributed by atoms with Crippen molar-refractivity contribution in [2.24, 2.45) is 0 Å². The smallest absolute Gasteiger partial charge is 0.125 e. The van der Waals surface area contributed by atoms with E-state index in [4.69, 9.17) is 4.98 Å². The first-order valence-corrected chi connectivity index (χ1v) is 9.14. The summed E-state index contributed by atoms with van der Waals surface area (Å²) < 4.78 is 0. The number of likely N-dealkylation sites (tertiary alicyclic amines) is 1. The van der Waals surface area contributed by atoms with E-state index in [0.717, 1.165) is 29.4 Å². The molecule has 0 aromatic carbocycles. The van der Waals surface area contributed by atoms with Crippen molar-refractivity contribution in [3.05, 3.63) is 65.2 Å². The first-order valence-electron chi connectivity index (χ1n) is 8.32. The van der Waals surface area contributed by atoms with E-state index in [1.165, 1.54) is 23.4 Å². The van der Waals surface area contributed by atoms with Gasteiger partial charge in [-0.1, -0.05) is 6.07 Å². The van der Waals surface area contributed by atoms with Crippen LogP contribution in [0.5, 0.6) is 0 Å². The van der Waals surface area contributed by atoms with Crippen LogP contribution in [0.3, 0.4) is 0 Å². The molecule has 0 bridgehead atoms. The van der Waals surface area contributed by atoms with E-state index in [2.05, 4.69) is 46.1 Å². The monoisotopic (exact) mass is 336 g/mol. The highest BCUT2D eigenvalue weighted by atomic mass is 32.1. The van der Waals surface area contributed by atoms with Crippen molar-refractivity contribution in [2.45, 2.75) is 32.4 Å². The maximum atomic E-state index is 4.74. The molecule has 0 spiro atoms. The zero-order valence-corrected chi connectivity index (χ0v) is 14.5. The standard InChI is InChI=1S/C19H20N4S/c1-14-5-2-7-17(22-14)18-8-4-10-23(18)13-16-12-21-19(24-16)15-6-3-9-20-11-15/h2-3,5-7,9,11-12,18H,4,8,10,13H2,1H3. The van der Waals surface area contributed by atoms with Crippen molar-refractivity contribution in [3.8, 4) is 10.6 Å². The third-order valence-electron chi connectivity index (χ3n) is 4.44. The summed E-state index contributed by atoms with van der Waals surface area (Å²) in [5.74, 6) is 0. The van der Waals surface area contributed by atoms with Crippen molar-refractivity contribution in [2.75, 3.05) is 6.54 Å². The highest BCUT2D eigenvalue weighted by molar-refractivity contribution is 7.15. The lowest BCUT2D eigenvalue weighted by molar-refractivity contribution is 0.246. The number of nitrogens with zero attached hydrogens (tertiary/aromatic N) is 4. The van der Waals surface area contributed by atoms with Gasteiger partial charge in [0.1, 0.15) is 5.01 Å². The summed E-state index contributed by atoms with van der Waals surface area (Å²) in [5.41, 5.74) is 3.38. The zero-order chi connectivity index (χ0) is 16.4. The van der Waals surface area contributed by atoms with E-state index in [9.17, 15) is 0 Å². The molecule has 0 saturated carbocycles. The Morgan fingerprint density at radius 2 is 2.17 bits per heavy atom. The molecule has 0 aliphatic carbocycles. The van der Waals surface area contributed by atoms with Gasteiger partial charge in [0.2, 0.25) is 0 Å². The molecule has 0 N–H and O–H groups in total. The molecular formula is C19H20N4S. The largest absolute Gasteiger partial charge is 0.290 e. The Balaban J connectivity index is 1.51. The molecule has 1 unspecified atom stereocenters. The highest BCUT2D eigenvalue weighted by Crippen LogP contribution is 2.34. The molecule has 122 valence electrons. The Morgan fingerprint density at radius 1 is 1.21 bits per heavy atom. The number of pyridine rings is 2. The van der Waals surface area contributed by atoms with E-state index in [0.29, 0.717) is 6.04 Å². The van der Waals surface area contributed by atoms with Gasteiger partial charge in [-0.15, -0.1) is 11.3 Å². The van der Waals surface area contributed by atoms with Crippen molar-refractivity contribution in [1.82, 2.24) is 19.9 Å². The maximum Gasteiger partial charge on any atom is 0.125 e. The van der Waals surface area contributed by atoms with Crippen LogP contribution in [0.1, 0.15) is 35.1 Å². The van der Waals surface area contributed by atoms with Gasteiger partial charge >= 0.3 is 0 Å². The fraction of sp³-hybridized carbons (Fsp3) is 0.316. The molecule has 1 fully saturated rings. The Hall–Kier alpha value is -2.11.